The number of imidazole rings is 1. The van der Waals surface area contributed by atoms with Crippen LogP contribution in [-0.2, 0) is 13.1 Å². The quantitative estimate of drug-likeness (QED) is 0.752. The molecule has 0 aliphatic carbocycles. The van der Waals surface area contributed by atoms with E-state index < -0.39 is 0 Å². The normalized spacial score (nSPS) is 11.1. The zero-order valence-corrected chi connectivity index (χ0v) is 9.45. The third-order valence-corrected chi connectivity index (χ3v) is 2.24. The summed E-state index contributed by atoms with van der Waals surface area (Å²) in [6, 6.07) is 0. The van der Waals surface area contributed by atoms with Crippen molar-refractivity contribution in [3.63, 3.8) is 0 Å². The summed E-state index contributed by atoms with van der Waals surface area (Å²) in [6.45, 7) is 6.48. The summed E-state index contributed by atoms with van der Waals surface area (Å²) >= 11 is 0. The van der Waals surface area contributed by atoms with E-state index in [-0.39, 0.29) is 0 Å². The number of hydrogen-bond donors (Lipinski definition) is 1. The van der Waals surface area contributed by atoms with Gasteiger partial charge in [-0.05, 0) is 25.8 Å². The van der Waals surface area contributed by atoms with Gasteiger partial charge in [0.2, 0.25) is 0 Å². The van der Waals surface area contributed by atoms with Crippen molar-refractivity contribution in [1.29, 1.82) is 0 Å². The van der Waals surface area contributed by atoms with Crippen molar-refractivity contribution in [2.75, 3.05) is 7.05 Å². The molecule has 0 aromatic carbocycles. The van der Waals surface area contributed by atoms with Gasteiger partial charge in [0.05, 0.1) is 12.0 Å². The number of hydrogen-bond acceptors (Lipinski definition) is 2. The first-order valence-corrected chi connectivity index (χ1v) is 5.37. The maximum absolute atomic E-state index is 4.30. The van der Waals surface area contributed by atoms with Crippen LogP contribution in [0.25, 0.3) is 0 Å². The molecule has 0 fully saturated rings. The first kappa shape index (κ1) is 11.2. The first-order valence-electron chi connectivity index (χ1n) is 5.37. The Labute approximate surface area is 86.5 Å². The highest BCUT2D eigenvalue weighted by atomic mass is 15.0. The summed E-state index contributed by atoms with van der Waals surface area (Å²) in [6.07, 6.45) is 6.58. The molecule has 3 heteroatoms. The molecule has 80 valence electrons. The summed E-state index contributed by atoms with van der Waals surface area (Å²) in [5, 5.41) is 3.10. The summed E-state index contributed by atoms with van der Waals surface area (Å²) < 4.78 is 2.18. The highest BCUT2D eigenvalue weighted by molar-refractivity contribution is 4.95. The summed E-state index contributed by atoms with van der Waals surface area (Å²) in [5.41, 5.74) is 1.12. The van der Waals surface area contributed by atoms with Crippen molar-refractivity contribution in [2.24, 2.45) is 5.92 Å². The third-order valence-electron chi connectivity index (χ3n) is 2.24. The second kappa shape index (κ2) is 5.81. The van der Waals surface area contributed by atoms with Gasteiger partial charge < -0.3 is 9.88 Å². The zero-order chi connectivity index (χ0) is 10.4. The van der Waals surface area contributed by atoms with Crippen LogP contribution in [0.4, 0.5) is 0 Å². The van der Waals surface area contributed by atoms with Gasteiger partial charge in [-0.25, -0.2) is 4.98 Å². The minimum Gasteiger partial charge on any atom is -0.337 e. The van der Waals surface area contributed by atoms with Crippen molar-refractivity contribution in [3.8, 4) is 0 Å². The molecule has 0 aliphatic rings. The van der Waals surface area contributed by atoms with Gasteiger partial charge >= 0.3 is 0 Å². The Balaban J connectivity index is 2.28. The third kappa shape index (κ3) is 3.92. The summed E-state index contributed by atoms with van der Waals surface area (Å²) in [5.74, 6) is 0.801. The van der Waals surface area contributed by atoms with Gasteiger partial charge in [0, 0.05) is 19.3 Å². The van der Waals surface area contributed by atoms with E-state index in [0.29, 0.717) is 0 Å². The highest BCUT2D eigenvalue weighted by Gasteiger charge is 1.98. The lowest BCUT2D eigenvalue weighted by Crippen LogP contribution is -2.05. The minimum atomic E-state index is 0.801. The molecule has 1 N–H and O–H groups in total. The maximum Gasteiger partial charge on any atom is 0.0949 e. The number of aromatic nitrogens is 2. The molecule has 0 saturated carbocycles. The van der Waals surface area contributed by atoms with E-state index in [0.717, 1.165) is 24.7 Å². The standard InChI is InChI=1S/C11H21N3/c1-10(2)5-4-6-14-8-11(7-12-3)13-9-14/h8-10,12H,4-7H2,1-3H3. The van der Waals surface area contributed by atoms with Gasteiger partial charge in [0.25, 0.3) is 0 Å². The number of nitrogens with zero attached hydrogens (tertiary/aromatic N) is 2. The molecule has 1 heterocycles. The Morgan fingerprint density at radius 2 is 2.29 bits per heavy atom. The largest absolute Gasteiger partial charge is 0.337 e. The van der Waals surface area contributed by atoms with Gasteiger partial charge in [0.1, 0.15) is 0 Å². The lowest BCUT2D eigenvalue weighted by molar-refractivity contribution is 0.511. The lowest BCUT2D eigenvalue weighted by atomic mass is 10.1. The molecule has 3 nitrogen and oxygen atoms in total. The highest BCUT2D eigenvalue weighted by Crippen LogP contribution is 2.05. The van der Waals surface area contributed by atoms with Crippen LogP contribution < -0.4 is 5.32 Å². The monoisotopic (exact) mass is 195 g/mol. The van der Waals surface area contributed by atoms with Gasteiger partial charge in [-0.2, -0.15) is 0 Å². The van der Waals surface area contributed by atoms with Crippen LogP contribution in [0.15, 0.2) is 12.5 Å². The van der Waals surface area contributed by atoms with Crippen molar-refractivity contribution in [2.45, 2.75) is 39.8 Å². The van der Waals surface area contributed by atoms with Crippen LogP contribution in [0.2, 0.25) is 0 Å². The molecule has 1 aromatic heterocycles. The number of aryl methyl sites for hydroxylation is 1. The molecular weight excluding hydrogens is 174 g/mol. The van der Waals surface area contributed by atoms with Gasteiger partial charge in [0.15, 0.2) is 0 Å². The average Bonchev–Trinajstić information content (AvgIpc) is 2.53. The zero-order valence-electron chi connectivity index (χ0n) is 9.45. The number of nitrogens with one attached hydrogen (secondary N) is 1. The predicted octanol–water partition coefficient (Wildman–Crippen LogP) is 2.04. The molecule has 0 atom stereocenters. The van der Waals surface area contributed by atoms with Crippen molar-refractivity contribution in [3.05, 3.63) is 18.2 Å². The van der Waals surface area contributed by atoms with Crippen LogP contribution in [0.3, 0.4) is 0 Å². The molecule has 1 rings (SSSR count). The molecular formula is C11H21N3. The van der Waals surface area contributed by atoms with E-state index in [4.69, 9.17) is 0 Å². The van der Waals surface area contributed by atoms with E-state index in [1.165, 1.54) is 12.8 Å². The Kier molecular flexibility index (Phi) is 4.66. The van der Waals surface area contributed by atoms with Crippen LogP contribution in [0.1, 0.15) is 32.4 Å². The molecule has 0 unspecified atom stereocenters. The van der Waals surface area contributed by atoms with E-state index in [1.807, 2.05) is 13.4 Å². The van der Waals surface area contributed by atoms with E-state index >= 15 is 0 Å². The average molecular weight is 195 g/mol. The number of rotatable bonds is 6. The van der Waals surface area contributed by atoms with Gasteiger partial charge in [-0.1, -0.05) is 13.8 Å². The molecule has 0 spiro atoms. The molecule has 0 bridgehead atoms. The molecule has 0 aliphatic heterocycles. The molecule has 0 saturated heterocycles. The fraction of sp³-hybridized carbons (Fsp3) is 0.727. The Morgan fingerprint density at radius 1 is 1.50 bits per heavy atom. The fourth-order valence-corrected chi connectivity index (χ4v) is 1.48. The Morgan fingerprint density at radius 3 is 2.93 bits per heavy atom. The predicted molar refractivity (Wildman–Crippen MR) is 59.1 cm³/mol. The van der Waals surface area contributed by atoms with Crippen LogP contribution >= 0.6 is 0 Å². The van der Waals surface area contributed by atoms with Crippen LogP contribution in [0, 0.1) is 5.92 Å². The van der Waals surface area contributed by atoms with Crippen molar-refractivity contribution >= 4 is 0 Å². The van der Waals surface area contributed by atoms with Crippen molar-refractivity contribution < 1.29 is 0 Å². The molecule has 0 amide bonds. The van der Waals surface area contributed by atoms with E-state index in [2.05, 4.69) is 34.9 Å². The maximum atomic E-state index is 4.30. The molecule has 14 heavy (non-hydrogen) atoms. The second-order valence-electron chi connectivity index (χ2n) is 4.17. The Bertz CT molecular complexity index is 253. The lowest BCUT2D eigenvalue weighted by Gasteiger charge is -2.04. The first-order chi connectivity index (χ1) is 6.72. The molecule has 0 radical (unpaired) electrons. The van der Waals surface area contributed by atoms with E-state index in [1.54, 1.807) is 0 Å². The topological polar surface area (TPSA) is 29.9 Å². The smallest absolute Gasteiger partial charge is 0.0949 e. The summed E-state index contributed by atoms with van der Waals surface area (Å²) in [4.78, 5) is 4.30. The van der Waals surface area contributed by atoms with Crippen molar-refractivity contribution in [1.82, 2.24) is 14.9 Å². The van der Waals surface area contributed by atoms with Gasteiger partial charge in [-0.15, -0.1) is 0 Å². The SMILES string of the molecule is CNCc1cn(CCCC(C)C)cn1. The minimum absolute atomic E-state index is 0.801. The van der Waals surface area contributed by atoms with E-state index in [9.17, 15) is 0 Å². The molecule has 1 aromatic rings. The van der Waals surface area contributed by atoms with Crippen LogP contribution in [-0.4, -0.2) is 16.6 Å². The Hall–Kier alpha value is -0.830. The fourth-order valence-electron chi connectivity index (χ4n) is 1.48. The second-order valence-corrected chi connectivity index (χ2v) is 4.17. The summed E-state index contributed by atoms with van der Waals surface area (Å²) in [7, 11) is 1.94. The van der Waals surface area contributed by atoms with Gasteiger partial charge in [-0.3, -0.25) is 0 Å². The van der Waals surface area contributed by atoms with Crippen LogP contribution in [0.5, 0.6) is 0 Å².